The molecule has 2 atom stereocenters. The Morgan fingerprint density at radius 3 is 2.47 bits per heavy atom. The Balaban J connectivity index is 1.20. The number of rotatable bonds is 9. The minimum Gasteiger partial charge on any atom is -0.480 e. The number of ether oxygens (including phenoxy) is 1. The molecule has 188 valence electrons. The molecule has 3 saturated heterocycles. The van der Waals surface area contributed by atoms with Crippen molar-refractivity contribution < 1.29 is 19.5 Å². The first-order valence-corrected chi connectivity index (χ1v) is 12.6. The monoisotopic (exact) mass is 473 g/mol. The summed E-state index contributed by atoms with van der Waals surface area (Å²) >= 11 is 0. The summed E-state index contributed by atoms with van der Waals surface area (Å²) in [6.45, 7) is 9.72. The molecule has 3 aliphatic rings. The number of benzene rings is 1. The predicted molar refractivity (Wildman–Crippen MR) is 130 cm³/mol. The molecule has 0 aromatic heterocycles. The van der Waals surface area contributed by atoms with Crippen molar-refractivity contribution in [2.45, 2.75) is 50.9 Å². The van der Waals surface area contributed by atoms with Gasteiger partial charge in [-0.1, -0.05) is 31.2 Å². The second kappa shape index (κ2) is 12.1. The predicted octanol–water partition coefficient (Wildman–Crippen LogP) is 1.94. The molecule has 3 fully saturated rings. The molecule has 0 amide bonds. The zero-order valence-electron chi connectivity index (χ0n) is 20.2. The van der Waals surface area contributed by atoms with Crippen LogP contribution in [0.15, 0.2) is 24.3 Å². The highest BCUT2D eigenvalue weighted by Crippen LogP contribution is 2.27. The number of hydrogen-bond acceptors (Lipinski definition) is 7. The van der Waals surface area contributed by atoms with Crippen molar-refractivity contribution in [1.29, 1.82) is 5.41 Å². The second-order valence-corrected chi connectivity index (χ2v) is 9.65. The van der Waals surface area contributed by atoms with Gasteiger partial charge in [0.05, 0.1) is 18.2 Å². The van der Waals surface area contributed by atoms with Crippen molar-refractivity contribution in [3.8, 4) is 0 Å². The van der Waals surface area contributed by atoms with Gasteiger partial charge in [0.25, 0.3) is 0 Å². The largest absolute Gasteiger partial charge is 0.480 e. The average molecular weight is 474 g/mol. The number of carboxylic acid groups (broad SMARTS) is 1. The molecule has 2 unspecified atom stereocenters. The number of hydrogen-bond donors (Lipinski definition) is 3. The molecule has 9 nitrogen and oxygen atoms in total. The number of hydroxylamine groups is 1. The Labute approximate surface area is 202 Å². The van der Waals surface area contributed by atoms with E-state index in [-0.39, 0.29) is 24.9 Å². The molecule has 3 aliphatic heterocycles. The number of aliphatic carboxylic acids is 1. The van der Waals surface area contributed by atoms with Crippen molar-refractivity contribution in [1.82, 2.24) is 20.2 Å². The van der Waals surface area contributed by atoms with Gasteiger partial charge in [-0.25, -0.2) is 4.79 Å². The van der Waals surface area contributed by atoms with Gasteiger partial charge in [0.15, 0.2) is 0 Å². The van der Waals surface area contributed by atoms with Gasteiger partial charge in [-0.15, -0.1) is 0 Å². The van der Waals surface area contributed by atoms with Gasteiger partial charge in [-0.05, 0) is 37.8 Å². The lowest BCUT2D eigenvalue weighted by Gasteiger charge is -2.36. The van der Waals surface area contributed by atoms with E-state index < -0.39 is 5.97 Å². The second-order valence-electron chi connectivity index (χ2n) is 9.65. The van der Waals surface area contributed by atoms with E-state index in [0.717, 1.165) is 77.2 Å². The van der Waals surface area contributed by atoms with Crippen LogP contribution in [0.5, 0.6) is 0 Å². The smallest absolute Gasteiger partial charge is 0.329 e. The number of piperazine rings is 1. The quantitative estimate of drug-likeness (QED) is 0.370. The third-order valence-corrected chi connectivity index (χ3v) is 7.13. The molecule has 0 bridgehead atoms. The zero-order chi connectivity index (χ0) is 23.9. The van der Waals surface area contributed by atoms with Gasteiger partial charge in [0, 0.05) is 51.4 Å². The molecule has 4 rings (SSSR count). The molecule has 3 heterocycles. The first-order valence-electron chi connectivity index (χ1n) is 12.6. The molecule has 0 saturated carbocycles. The van der Waals surface area contributed by atoms with Crippen LogP contribution in [0.2, 0.25) is 0 Å². The summed E-state index contributed by atoms with van der Waals surface area (Å²) in [7, 11) is 0. The normalized spacial score (nSPS) is 25.0. The van der Waals surface area contributed by atoms with Gasteiger partial charge >= 0.3 is 5.97 Å². The Morgan fingerprint density at radius 2 is 1.82 bits per heavy atom. The highest BCUT2D eigenvalue weighted by Gasteiger charge is 2.30. The van der Waals surface area contributed by atoms with Crippen molar-refractivity contribution in [3.05, 3.63) is 35.4 Å². The van der Waals surface area contributed by atoms with Crippen LogP contribution in [-0.4, -0.2) is 103 Å². The summed E-state index contributed by atoms with van der Waals surface area (Å²) in [5.41, 5.74) is 5.35. The Kier molecular flexibility index (Phi) is 8.91. The fourth-order valence-corrected chi connectivity index (χ4v) is 5.16. The molecular formula is C25H39N5O4. The van der Waals surface area contributed by atoms with Crippen LogP contribution in [0, 0.1) is 5.41 Å². The summed E-state index contributed by atoms with van der Waals surface area (Å²) in [6, 6.07) is 8.51. The minimum absolute atomic E-state index is 0.0418. The van der Waals surface area contributed by atoms with Gasteiger partial charge in [-0.2, -0.15) is 5.48 Å². The van der Waals surface area contributed by atoms with E-state index in [4.69, 9.17) is 20.1 Å². The summed E-state index contributed by atoms with van der Waals surface area (Å²) < 4.78 is 5.43. The Hall–Kier alpha value is -2.04. The van der Waals surface area contributed by atoms with Crippen LogP contribution >= 0.6 is 0 Å². The molecule has 1 aromatic rings. The van der Waals surface area contributed by atoms with Gasteiger partial charge in [0.1, 0.15) is 12.4 Å². The van der Waals surface area contributed by atoms with E-state index in [1.54, 1.807) is 0 Å². The van der Waals surface area contributed by atoms with E-state index >= 15 is 0 Å². The van der Waals surface area contributed by atoms with Crippen LogP contribution in [0.3, 0.4) is 0 Å². The maximum Gasteiger partial charge on any atom is 0.329 e. The van der Waals surface area contributed by atoms with Gasteiger partial charge in [-0.3, -0.25) is 15.1 Å². The van der Waals surface area contributed by atoms with Gasteiger partial charge in [0.2, 0.25) is 0 Å². The SMILES string of the molecule is CCCN1CCN(C(=N)c2ccc(C3CC(CN4CCC(OCC(=O)O)CC4)ON3)cc2)CC1. The summed E-state index contributed by atoms with van der Waals surface area (Å²) in [6.07, 6.45) is 3.97. The third-order valence-electron chi connectivity index (χ3n) is 7.13. The summed E-state index contributed by atoms with van der Waals surface area (Å²) in [5.74, 6) is -0.291. The molecule has 1 aromatic carbocycles. The molecule has 34 heavy (non-hydrogen) atoms. The molecular weight excluding hydrogens is 434 g/mol. The highest BCUT2D eigenvalue weighted by molar-refractivity contribution is 5.96. The lowest BCUT2D eigenvalue weighted by Crippen LogP contribution is -2.48. The van der Waals surface area contributed by atoms with Crippen LogP contribution in [-0.2, 0) is 14.4 Å². The molecule has 0 spiro atoms. The maximum absolute atomic E-state index is 10.7. The lowest BCUT2D eigenvalue weighted by atomic mass is 9.99. The van der Waals surface area contributed by atoms with E-state index in [1.807, 2.05) is 0 Å². The Bertz CT molecular complexity index is 804. The van der Waals surface area contributed by atoms with E-state index in [9.17, 15) is 4.79 Å². The molecule has 9 heteroatoms. The van der Waals surface area contributed by atoms with Crippen molar-refractivity contribution in [2.75, 3.05) is 59.0 Å². The summed E-state index contributed by atoms with van der Waals surface area (Å²) in [4.78, 5) is 23.6. The first kappa shape index (κ1) is 25.1. The summed E-state index contributed by atoms with van der Waals surface area (Å²) in [5, 5.41) is 17.4. The maximum atomic E-state index is 10.7. The van der Waals surface area contributed by atoms with Crippen molar-refractivity contribution in [3.63, 3.8) is 0 Å². The molecule has 3 N–H and O–H groups in total. The number of carboxylic acids is 1. The standard InChI is InChI=1S/C25H39N5O4/c1-2-9-28-12-14-30(15-13-28)25(26)20-5-3-19(4-6-20)23-16-22(34-27-23)17-29-10-7-21(8-11-29)33-18-24(31)32/h3-6,21-23,26-27H,2,7-18H2,1H3,(H,31,32). The zero-order valence-corrected chi connectivity index (χ0v) is 20.2. The van der Waals surface area contributed by atoms with Gasteiger partial charge < -0.3 is 19.6 Å². The third kappa shape index (κ3) is 6.76. The van der Waals surface area contributed by atoms with Crippen molar-refractivity contribution >= 4 is 11.8 Å². The van der Waals surface area contributed by atoms with E-state index in [2.05, 4.69) is 51.4 Å². The van der Waals surface area contributed by atoms with Crippen LogP contribution in [0.25, 0.3) is 0 Å². The van der Waals surface area contributed by atoms with Crippen LogP contribution in [0.4, 0.5) is 0 Å². The highest BCUT2D eigenvalue weighted by atomic mass is 16.7. The number of likely N-dealkylation sites (tertiary alicyclic amines) is 1. The van der Waals surface area contributed by atoms with E-state index in [0.29, 0.717) is 5.84 Å². The first-order chi connectivity index (χ1) is 16.5. The fourth-order valence-electron chi connectivity index (χ4n) is 5.16. The minimum atomic E-state index is -0.908. The molecule has 0 aliphatic carbocycles. The Morgan fingerprint density at radius 1 is 1.12 bits per heavy atom. The number of nitrogens with zero attached hydrogens (tertiary/aromatic N) is 3. The number of nitrogens with one attached hydrogen (secondary N) is 2. The van der Waals surface area contributed by atoms with Crippen LogP contribution in [0.1, 0.15) is 49.8 Å². The molecule has 0 radical (unpaired) electrons. The average Bonchev–Trinajstić information content (AvgIpc) is 3.32. The number of carbonyl (C=O) groups is 1. The van der Waals surface area contributed by atoms with Crippen LogP contribution < -0.4 is 5.48 Å². The van der Waals surface area contributed by atoms with E-state index in [1.165, 1.54) is 12.0 Å². The lowest BCUT2D eigenvalue weighted by molar-refractivity contribution is -0.145. The number of piperidine rings is 1. The number of amidine groups is 1. The topological polar surface area (TPSA) is 101 Å². The fraction of sp³-hybridized carbons (Fsp3) is 0.680. The van der Waals surface area contributed by atoms with Crippen molar-refractivity contribution in [2.24, 2.45) is 0 Å².